The van der Waals surface area contributed by atoms with Gasteiger partial charge in [0, 0.05) is 24.3 Å². The van der Waals surface area contributed by atoms with Gasteiger partial charge in [-0.2, -0.15) is 0 Å². The molecule has 1 saturated carbocycles. The van der Waals surface area contributed by atoms with Gasteiger partial charge < -0.3 is 9.22 Å². The lowest BCUT2D eigenvalue weighted by Gasteiger charge is -2.52. The van der Waals surface area contributed by atoms with E-state index in [0.717, 1.165) is 49.7 Å². The van der Waals surface area contributed by atoms with Crippen molar-refractivity contribution in [3.63, 3.8) is 0 Å². The minimum Gasteiger partial charge on any atom is -0.455 e. The molecule has 0 amide bonds. The van der Waals surface area contributed by atoms with Crippen LogP contribution in [-0.2, 0) is 16.1 Å². The van der Waals surface area contributed by atoms with Gasteiger partial charge in [0.25, 0.3) is 0 Å². The van der Waals surface area contributed by atoms with E-state index in [1.165, 1.54) is 49.9 Å². The maximum absolute atomic E-state index is 13.8. The number of hydrogen-bond donors (Lipinski definition) is 0. The van der Waals surface area contributed by atoms with E-state index < -0.39 is 0 Å². The van der Waals surface area contributed by atoms with Crippen molar-refractivity contribution in [1.29, 1.82) is 0 Å². The molecule has 0 N–H and O–H groups in total. The normalized spacial score (nSPS) is 32.5. The molecule has 1 aromatic carbocycles. The highest BCUT2D eigenvalue weighted by atomic mass is 16.5. The SMILES string of the molecule is O=C(O[C@H]1C[N+]2(Cc3ccccc3)CCC1CC2)C1(C2=CC=CC2)CCCCCC1. The molecule has 0 spiro atoms. The highest BCUT2D eigenvalue weighted by Gasteiger charge is 2.50. The van der Waals surface area contributed by atoms with Crippen molar-refractivity contribution in [3.05, 3.63) is 59.7 Å². The molecular weight excluding hydrogens is 370 g/mol. The zero-order valence-corrected chi connectivity index (χ0v) is 18.2. The summed E-state index contributed by atoms with van der Waals surface area (Å²) in [6.07, 6.45) is 16.7. The molecule has 160 valence electrons. The molecule has 3 saturated heterocycles. The number of ether oxygens (including phenoxy) is 1. The fraction of sp³-hybridized carbons (Fsp3) is 0.593. The average Bonchev–Trinajstić information content (AvgIpc) is 3.20. The Morgan fingerprint density at radius 1 is 1.03 bits per heavy atom. The van der Waals surface area contributed by atoms with Gasteiger partial charge in [0.2, 0.25) is 0 Å². The van der Waals surface area contributed by atoms with Crippen LogP contribution < -0.4 is 0 Å². The minimum atomic E-state index is -0.365. The third-order valence-corrected chi connectivity index (χ3v) is 8.39. The van der Waals surface area contributed by atoms with Gasteiger partial charge in [-0.15, -0.1) is 0 Å². The van der Waals surface area contributed by atoms with Crippen molar-refractivity contribution in [2.45, 2.75) is 70.4 Å². The fourth-order valence-electron chi connectivity index (χ4n) is 6.59. The Hall–Kier alpha value is -1.87. The number of carbonyl (C=O) groups excluding carboxylic acids is 1. The van der Waals surface area contributed by atoms with Crippen molar-refractivity contribution in [3.8, 4) is 0 Å². The summed E-state index contributed by atoms with van der Waals surface area (Å²) in [5.74, 6) is 0.652. The maximum atomic E-state index is 13.8. The Kier molecular flexibility index (Phi) is 5.58. The fourth-order valence-corrected chi connectivity index (χ4v) is 6.59. The number of carbonyl (C=O) groups is 1. The summed E-state index contributed by atoms with van der Waals surface area (Å²) in [6.45, 7) is 4.53. The van der Waals surface area contributed by atoms with Gasteiger partial charge >= 0.3 is 5.97 Å². The van der Waals surface area contributed by atoms with Crippen molar-refractivity contribution in [1.82, 2.24) is 0 Å². The van der Waals surface area contributed by atoms with E-state index in [1.807, 2.05) is 0 Å². The Bertz CT molecular complexity index is 809. The van der Waals surface area contributed by atoms with E-state index >= 15 is 0 Å². The van der Waals surface area contributed by atoms with Gasteiger partial charge in [0.1, 0.15) is 13.1 Å². The van der Waals surface area contributed by atoms with Gasteiger partial charge in [0.05, 0.1) is 18.5 Å². The first kappa shape index (κ1) is 20.1. The molecule has 2 bridgehead atoms. The summed E-state index contributed by atoms with van der Waals surface area (Å²) in [5.41, 5.74) is 2.35. The standard InChI is InChI=1S/C27H36NO2/c29-26(27(24-12-6-7-13-24)16-8-1-2-9-17-27)30-25-21-28(18-14-23(25)15-19-28)20-22-10-4-3-5-11-22/h3-7,10-12,23,25H,1-2,8-9,13-21H2/q+1/t23?,25-,28?/m0/s1. The van der Waals surface area contributed by atoms with E-state index in [9.17, 15) is 4.79 Å². The van der Waals surface area contributed by atoms with Crippen LogP contribution in [0.3, 0.4) is 0 Å². The smallest absolute Gasteiger partial charge is 0.316 e. The van der Waals surface area contributed by atoms with Crippen LogP contribution in [0.15, 0.2) is 54.1 Å². The molecule has 3 heterocycles. The summed E-state index contributed by atoms with van der Waals surface area (Å²) in [5, 5.41) is 0. The van der Waals surface area contributed by atoms with E-state index in [2.05, 4.69) is 48.6 Å². The lowest BCUT2D eigenvalue weighted by Crippen LogP contribution is -2.64. The Labute approximate surface area is 181 Å². The van der Waals surface area contributed by atoms with Crippen LogP contribution in [0.5, 0.6) is 0 Å². The highest BCUT2D eigenvalue weighted by Crippen LogP contribution is 2.46. The van der Waals surface area contributed by atoms with Gasteiger partial charge in [-0.1, -0.05) is 74.2 Å². The topological polar surface area (TPSA) is 26.3 Å². The van der Waals surface area contributed by atoms with Crippen LogP contribution in [0.2, 0.25) is 0 Å². The van der Waals surface area contributed by atoms with Crippen molar-refractivity contribution >= 4 is 5.97 Å². The van der Waals surface area contributed by atoms with Crippen LogP contribution in [0.25, 0.3) is 0 Å². The molecule has 30 heavy (non-hydrogen) atoms. The lowest BCUT2D eigenvalue weighted by atomic mass is 9.73. The summed E-state index contributed by atoms with van der Waals surface area (Å²) in [4.78, 5) is 13.8. The first-order chi connectivity index (χ1) is 14.7. The van der Waals surface area contributed by atoms with Gasteiger partial charge in [0.15, 0.2) is 6.10 Å². The third-order valence-electron chi connectivity index (χ3n) is 8.39. The van der Waals surface area contributed by atoms with Gasteiger partial charge in [-0.25, -0.2) is 0 Å². The number of piperidine rings is 3. The Balaban J connectivity index is 1.33. The first-order valence-electron chi connectivity index (χ1n) is 12.2. The van der Waals surface area contributed by atoms with Crippen molar-refractivity contribution < 1.29 is 14.0 Å². The summed E-state index contributed by atoms with van der Waals surface area (Å²) < 4.78 is 7.57. The lowest BCUT2D eigenvalue weighted by molar-refractivity contribution is -0.958. The number of rotatable bonds is 5. The van der Waals surface area contributed by atoms with E-state index in [-0.39, 0.29) is 17.5 Å². The van der Waals surface area contributed by atoms with Crippen LogP contribution >= 0.6 is 0 Å². The number of benzene rings is 1. The quantitative estimate of drug-likeness (QED) is 0.363. The van der Waals surface area contributed by atoms with Crippen molar-refractivity contribution in [2.75, 3.05) is 19.6 Å². The molecule has 2 aliphatic carbocycles. The number of allylic oxidation sites excluding steroid dienone is 3. The summed E-state index contributed by atoms with van der Waals surface area (Å²) >= 11 is 0. The van der Waals surface area contributed by atoms with E-state index in [0.29, 0.717) is 5.92 Å². The zero-order chi connectivity index (χ0) is 20.4. The molecular formula is C27H36NO2+. The molecule has 5 aliphatic rings. The molecule has 6 rings (SSSR count). The van der Waals surface area contributed by atoms with Crippen LogP contribution in [0.4, 0.5) is 0 Å². The highest BCUT2D eigenvalue weighted by molar-refractivity contribution is 5.81. The largest absolute Gasteiger partial charge is 0.455 e. The summed E-state index contributed by atoms with van der Waals surface area (Å²) in [7, 11) is 0. The zero-order valence-electron chi connectivity index (χ0n) is 18.2. The third kappa shape index (κ3) is 3.77. The predicted molar refractivity (Wildman–Crippen MR) is 120 cm³/mol. The van der Waals surface area contributed by atoms with E-state index in [1.54, 1.807) is 0 Å². The second-order valence-corrected chi connectivity index (χ2v) is 10.2. The second kappa shape index (κ2) is 8.34. The van der Waals surface area contributed by atoms with Gasteiger partial charge in [-0.3, -0.25) is 4.79 Å². The Morgan fingerprint density at radius 2 is 1.77 bits per heavy atom. The molecule has 3 aliphatic heterocycles. The molecule has 0 radical (unpaired) electrons. The number of fused-ring (bicyclic) bond motifs is 3. The molecule has 3 heteroatoms. The van der Waals surface area contributed by atoms with Crippen LogP contribution in [0, 0.1) is 11.3 Å². The minimum absolute atomic E-state index is 0.0935. The molecule has 0 aromatic heterocycles. The number of hydrogen-bond acceptors (Lipinski definition) is 2. The molecule has 1 aromatic rings. The van der Waals surface area contributed by atoms with Gasteiger partial charge in [-0.05, 0) is 24.8 Å². The number of esters is 1. The second-order valence-electron chi connectivity index (χ2n) is 10.2. The number of nitrogens with zero attached hydrogens (tertiary/aromatic N) is 1. The maximum Gasteiger partial charge on any atom is 0.316 e. The molecule has 0 unspecified atom stereocenters. The predicted octanol–water partition coefficient (Wildman–Crippen LogP) is 5.57. The monoisotopic (exact) mass is 406 g/mol. The Morgan fingerprint density at radius 3 is 2.43 bits per heavy atom. The first-order valence-corrected chi connectivity index (χ1v) is 12.2. The molecule has 1 atom stereocenters. The van der Waals surface area contributed by atoms with Crippen LogP contribution in [0.1, 0.15) is 63.4 Å². The molecule has 3 nitrogen and oxygen atoms in total. The number of quaternary nitrogens is 1. The average molecular weight is 407 g/mol. The molecule has 4 fully saturated rings. The van der Waals surface area contributed by atoms with Crippen LogP contribution in [-0.4, -0.2) is 36.2 Å². The van der Waals surface area contributed by atoms with E-state index in [4.69, 9.17) is 4.74 Å². The van der Waals surface area contributed by atoms with Crippen molar-refractivity contribution in [2.24, 2.45) is 11.3 Å². The summed E-state index contributed by atoms with van der Waals surface area (Å²) in [6, 6.07) is 10.9.